The van der Waals surface area contributed by atoms with E-state index in [4.69, 9.17) is 4.74 Å². The van der Waals surface area contributed by atoms with Gasteiger partial charge in [0.1, 0.15) is 23.6 Å². The van der Waals surface area contributed by atoms with E-state index in [1.54, 1.807) is 17.8 Å². The van der Waals surface area contributed by atoms with Gasteiger partial charge >= 0.3 is 0 Å². The van der Waals surface area contributed by atoms with E-state index in [0.717, 1.165) is 11.3 Å². The molecule has 0 amide bonds. The van der Waals surface area contributed by atoms with E-state index in [-0.39, 0.29) is 12.2 Å². The molecule has 0 saturated carbocycles. The Morgan fingerprint density at radius 1 is 1.17 bits per heavy atom. The SMILES string of the molecule is Cc1ccccc1OCC1(O)CCN(c2cccn(C)c2=O)CC1. The van der Waals surface area contributed by atoms with Crippen molar-refractivity contribution < 1.29 is 9.84 Å². The van der Waals surface area contributed by atoms with Crippen molar-refractivity contribution in [3.05, 3.63) is 58.5 Å². The molecule has 24 heavy (non-hydrogen) atoms. The van der Waals surface area contributed by atoms with Crippen molar-refractivity contribution >= 4 is 5.69 Å². The number of aryl methyl sites for hydroxylation is 2. The van der Waals surface area contributed by atoms with Crippen LogP contribution in [0.1, 0.15) is 18.4 Å². The van der Waals surface area contributed by atoms with E-state index in [9.17, 15) is 9.90 Å². The molecule has 0 aliphatic carbocycles. The molecule has 5 nitrogen and oxygen atoms in total. The van der Waals surface area contributed by atoms with E-state index in [2.05, 4.69) is 0 Å². The Bertz CT molecular complexity index is 761. The van der Waals surface area contributed by atoms with E-state index in [1.807, 2.05) is 48.2 Å². The standard InChI is InChI=1S/C19H24N2O3/c1-15-6-3-4-8-17(15)24-14-19(23)9-12-21(13-10-19)16-7-5-11-20(2)18(16)22/h3-8,11,23H,9-10,12-14H2,1-2H3. The summed E-state index contributed by atoms with van der Waals surface area (Å²) in [6.45, 7) is 3.56. The van der Waals surface area contributed by atoms with Gasteiger partial charge in [0.05, 0.1) is 0 Å². The zero-order valence-corrected chi connectivity index (χ0v) is 14.2. The zero-order valence-electron chi connectivity index (χ0n) is 14.2. The summed E-state index contributed by atoms with van der Waals surface area (Å²) in [5, 5.41) is 10.8. The predicted octanol–water partition coefficient (Wildman–Crippen LogP) is 2.10. The van der Waals surface area contributed by atoms with E-state index in [1.165, 1.54) is 0 Å². The van der Waals surface area contributed by atoms with E-state index in [0.29, 0.717) is 31.6 Å². The van der Waals surface area contributed by atoms with Gasteiger partial charge in [-0.25, -0.2) is 0 Å². The molecule has 2 aromatic rings. The first-order valence-corrected chi connectivity index (χ1v) is 8.30. The van der Waals surface area contributed by atoms with Gasteiger partial charge in [-0.15, -0.1) is 0 Å². The largest absolute Gasteiger partial charge is 0.490 e. The van der Waals surface area contributed by atoms with Crippen LogP contribution in [0.4, 0.5) is 5.69 Å². The predicted molar refractivity (Wildman–Crippen MR) is 94.8 cm³/mol. The Kier molecular flexibility index (Phi) is 4.62. The maximum absolute atomic E-state index is 12.2. The third-order valence-electron chi connectivity index (χ3n) is 4.73. The minimum atomic E-state index is -0.848. The topological polar surface area (TPSA) is 54.7 Å². The quantitative estimate of drug-likeness (QED) is 0.934. The summed E-state index contributed by atoms with van der Waals surface area (Å²) in [6, 6.07) is 11.5. The lowest BCUT2D eigenvalue weighted by Gasteiger charge is -2.38. The summed E-state index contributed by atoms with van der Waals surface area (Å²) in [5.41, 5.74) is 0.908. The normalized spacial score (nSPS) is 16.9. The number of nitrogens with zero attached hydrogens (tertiary/aromatic N) is 2. The van der Waals surface area contributed by atoms with E-state index >= 15 is 0 Å². The molecule has 1 aromatic carbocycles. The number of pyridine rings is 1. The summed E-state index contributed by atoms with van der Waals surface area (Å²) >= 11 is 0. The highest BCUT2D eigenvalue weighted by molar-refractivity contribution is 5.44. The molecule has 1 fully saturated rings. The lowest BCUT2D eigenvalue weighted by molar-refractivity contribution is -0.0243. The zero-order chi connectivity index (χ0) is 17.2. The Hall–Kier alpha value is -2.27. The number of para-hydroxylation sites is 1. The summed E-state index contributed by atoms with van der Waals surface area (Å²) in [4.78, 5) is 14.3. The van der Waals surface area contributed by atoms with Crippen molar-refractivity contribution in [1.82, 2.24) is 4.57 Å². The number of aromatic nitrogens is 1. The average molecular weight is 328 g/mol. The number of rotatable bonds is 4. The minimum absolute atomic E-state index is 0.000833. The van der Waals surface area contributed by atoms with Gasteiger partial charge in [0, 0.05) is 26.3 Å². The molecule has 5 heteroatoms. The molecule has 0 radical (unpaired) electrons. The van der Waals surface area contributed by atoms with E-state index < -0.39 is 5.60 Å². The maximum atomic E-state index is 12.2. The first-order chi connectivity index (χ1) is 11.5. The third-order valence-corrected chi connectivity index (χ3v) is 4.73. The molecule has 0 bridgehead atoms. The Morgan fingerprint density at radius 3 is 2.58 bits per heavy atom. The fraction of sp³-hybridized carbons (Fsp3) is 0.421. The minimum Gasteiger partial charge on any atom is -0.490 e. The highest BCUT2D eigenvalue weighted by atomic mass is 16.5. The van der Waals surface area contributed by atoms with Crippen molar-refractivity contribution in [2.75, 3.05) is 24.6 Å². The molecule has 2 heterocycles. The molecule has 1 aliphatic heterocycles. The van der Waals surface area contributed by atoms with Gasteiger partial charge in [0.2, 0.25) is 0 Å². The summed E-state index contributed by atoms with van der Waals surface area (Å²) in [7, 11) is 1.75. The first kappa shape index (κ1) is 16.6. The van der Waals surface area contributed by atoms with Crippen molar-refractivity contribution in [2.24, 2.45) is 7.05 Å². The number of hydrogen-bond acceptors (Lipinski definition) is 4. The van der Waals surface area contributed by atoms with Crippen LogP contribution in [0.25, 0.3) is 0 Å². The number of anilines is 1. The molecule has 1 N–H and O–H groups in total. The van der Waals surface area contributed by atoms with Crippen LogP contribution in [-0.4, -0.2) is 35.0 Å². The fourth-order valence-electron chi connectivity index (χ4n) is 3.06. The first-order valence-electron chi connectivity index (χ1n) is 8.30. The molecule has 1 aromatic heterocycles. The number of aliphatic hydroxyl groups is 1. The van der Waals surface area contributed by atoms with Crippen LogP contribution in [0.2, 0.25) is 0 Å². The van der Waals surface area contributed by atoms with Gasteiger partial charge in [-0.1, -0.05) is 18.2 Å². The lowest BCUT2D eigenvalue weighted by Crippen LogP contribution is -2.49. The van der Waals surface area contributed by atoms with Crippen LogP contribution in [0.5, 0.6) is 5.75 Å². The van der Waals surface area contributed by atoms with Gasteiger partial charge in [-0.3, -0.25) is 4.79 Å². The van der Waals surface area contributed by atoms with Crippen molar-refractivity contribution in [2.45, 2.75) is 25.4 Å². The summed E-state index contributed by atoms with van der Waals surface area (Å²) in [6.07, 6.45) is 2.91. The number of benzene rings is 1. The second-order valence-corrected chi connectivity index (χ2v) is 6.58. The van der Waals surface area contributed by atoms with Crippen LogP contribution in [0, 0.1) is 6.92 Å². The monoisotopic (exact) mass is 328 g/mol. The molecule has 0 atom stereocenters. The maximum Gasteiger partial charge on any atom is 0.273 e. The van der Waals surface area contributed by atoms with Crippen molar-refractivity contribution in [3.63, 3.8) is 0 Å². The molecule has 1 aliphatic rings. The molecular formula is C19H24N2O3. The highest BCUT2D eigenvalue weighted by Gasteiger charge is 2.34. The molecular weight excluding hydrogens is 304 g/mol. The Morgan fingerprint density at radius 2 is 1.88 bits per heavy atom. The third kappa shape index (κ3) is 3.46. The smallest absolute Gasteiger partial charge is 0.273 e. The van der Waals surface area contributed by atoms with Crippen LogP contribution in [0.3, 0.4) is 0 Å². The van der Waals surface area contributed by atoms with Crippen LogP contribution >= 0.6 is 0 Å². The van der Waals surface area contributed by atoms with Gasteiger partial charge in [-0.2, -0.15) is 0 Å². The van der Waals surface area contributed by atoms with Gasteiger partial charge in [0.25, 0.3) is 5.56 Å². The summed E-state index contributed by atoms with van der Waals surface area (Å²) < 4.78 is 7.41. The second-order valence-electron chi connectivity index (χ2n) is 6.58. The Balaban J connectivity index is 1.62. The lowest BCUT2D eigenvalue weighted by atomic mass is 9.92. The van der Waals surface area contributed by atoms with Crippen molar-refractivity contribution in [1.29, 1.82) is 0 Å². The van der Waals surface area contributed by atoms with Gasteiger partial charge in [0.15, 0.2) is 0 Å². The van der Waals surface area contributed by atoms with Crippen molar-refractivity contribution in [3.8, 4) is 5.75 Å². The number of piperidine rings is 1. The second kappa shape index (κ2) is 6.69. The highest BCUT2D eigenvalue weighted by Crippen LogP contribution is 2.26. The van der Waals surface area contributed by atoms with Gasteiger partial charge in [-0.05, 0) is 43.5 Å². The molecule has 0 unspecified atom stereocenters. The summed E-state index contributed by atoms with van der Waals surface area (Å²) in [5.74, 6) is 0.810. The molecule has 3 rings (SSSR count). The van der Waals surface area contributed by atoms with Gasteiger partial charge < -0.3 is 19.3 Å². The fourth-order valence-corrected chi connectivity index (χ4v) is 3.06. The van der Waals surface area contributed by atoms with Crippen LogP contribution in [-0.2, 0) is 7.05 Å². The average Bonchev–Trinajstić information content (AvgIpc) is 2.58. The molecule has 128 valence electrons. The number of hydrogen-bond donors (Lipinski definition) is 1. The Labute approximate surface area is 142 Å². The number of ether oxygens (including phenoxy) is 1. The van der Waals surface area contributed by atoms with Crippen LogP contribution in [0.15, 0.2) is 47.4 Å². The van der Waals surface area contributed by atoms with Crippen LogP contribution < -0.4 is 15.2 Å². The molecule has 0 spiro atoms. The molecule has 1 saturated heterocycles.